The maximum atomic E-state index is 13.1. The summed E-state index contributed by atoms with van der Waals surface area (Å²) in [5, 5.41) is 14.4. The van der Waals surface area contributed by atoms with Crippen LogP contribution in [0, 0.1) is 0 Å². The second-order valence-corrected chi connectivity index (χ2v) is 8.74. The summed E-state index contributed by atoms with van der Waals surface area (Å²) >= 11 is 0. The lowest BCUT2D eigenvalue weighted by molar-refractivity contribution is -0.137. The van der Waals surface area contributed by atoms with Crippen molar-refractivity contribution >= 4 is 16.8 Å². The second-order valence-electron chi connectivity index (χ2n) is 8.74. The van der Waals surface area contributed by atoms with Gasteiger partial charge in [-0.05, 0) is 42.0 Å². The van der Waals surface area contributed by atoms with Gasteiger partial charge in [0.2, 0.25) is 0 Å². The molecule has 1 atom stereocenters. The summed E-state index contributed by atoms with van der Waals surface area (Å²) in [6, 6.07) is 12.2. The van der Waals surface area contributed by atoms with E-state index in [0.717, 1.165) is 48.7 Å². The minimum atomic E-state index is -4.58. The van der Waals surface area contributed by atoms with E-state index >= 15 is 0 Å². The number of β-amino-alcohol motifs (C(OH)–C–C–N with tert-alkyl or cyclic N) is 1. The van der Waals surface area contributed by atoms with Crippen LogP contribution in [-0.4, -0.2) is 78.7 Å². The van der Waals surface area contributed by atoms with Crippen LogP contribution in [0.5, 0.6) is 5.75 Å². The average molecular weight is 503 g/mol. The van der Waals surface area contributed by atoms with Crippen LogP contribution < -0.4 is 10.1 Å². The van der Waals surface area contributed by atoms with Gasteiger partial charge in [0.25, 0.3) is 5.91 Å². The summed E-state index contributed by atoms with van der Waals surface area (Å²) < 4.78 is 44.8. The van der Waals surface area contributed by atoms with Crippen molar-refractivity contribution in [3.05, 3.63) is 71.4 Å². The molecule has 0 saturated carbocycles. The van der Waals surface area contributed by atoms with Crippen LogP contribution in [0.15, 0.2) is 54.7 Å². The maximum absolute atomic E-state index is 13.1. The summed E-state index contributed by atoms with van der Waals surface area (Å²) in [6.45, 7) is 4.17. The average Bonchev–Trinajstić information content (AvgIpc) is 2.88. The van der Waals surface area contributed by atoms with Gasteiger partial charge in [-0.1, -0.05) is 12.1 Å². The molecule has 4 rings (SSSR count). The molecule has 2 heterocycles. The maximum Gasteiger partial charge on any atom is 0.417 e. The molecule has 0 aliphatic carbocycles. The number of fused-ring (bicyclic) bond motifs is 1. The Kier molecular flexibility index (Phi) is 8.07. The van der Waals surface area contributed by atoms with E-state index in [1.54, 1.807) is 13.3 Å². The van der Waals surface area contributed by atoms with Gasteiger partial charge in [0, 0.05) is 57.4 Å². The largest absolute Gasteiger partial charge is 0.497 e. The molecular formula is C26H29F3N4O3. The van der Waals surface area contributed by atoms with Crippen LogP contribution in [0.4, 0.5) is 13.2 Å². The highest BCUT2D eigenvalue weighted by atomic mass is 19.4. The van der Waals surface area contributed by atoms with Crippen LogP contribution in [0.3, 0.4) is 0 Å². The minimum absolute atomic E-state index is 0.248. The molecule has 3 aromatic rings. The second kappa shape index (κ2) is 11.2. The number of hydrogen-bond acceptors (Lipinski definition) is 6. The molecular weight excluding hydrogens is 473 g/mol. The summed E-state index contributed by atoms with van der Waals surface area (Å²) in [4.78, 5) is 21.0. The van der Waals surface area contributed by atoms with Gasteiger partial charge >= 0.3 is 6.18 Å². The van der Waals surface area contributed by atoms with Crippen molar-refractivity contribution in [2.45, 2.75) is 12.3 Å². The molecule has 0 radical (unpaired) electrons. The van der Waals surface area contributed by atoms with Gasteiger partial charge in [-0.3, -0.25) is 19.6 Å². The number of hydrogen-bond donors (Lipinski definition) is 2. The predicted molar refractivity (Wildman–Crippen MR) is 130 cm³/mol. The van der Waals surface area contributed by atoms with Gasteiger partial charge in [0.15, 0.2) is 0 Å². The normalized spacial score (nSPS) is 16.1. The summed E-state index contributed by atoms with van der Waals surface area (Å²) in [5.74, 6) is -0.0301. The molecule has 10 heteroatoms. The SMILES string of the molecule is COc1ccc2nccc(C(O)CN3CCN(CCNC(=O)c4ccccc4C(F)(F)F)CC3)c2c1. The molecule has 192 valence electrons. The highest BCUT2D eigenvalue weighted by molar-refractivity contribution is 5.95. The molecule has 7 nitrogen and oxygen atoms in total. The van der Waals surface area contributed by atoms with Crippen LogP contribution in [-0.2, 0) is 6.18 Å². The first-order valence-corrected chi connectivity index (χ1v) is 11.8. The number of piperazine rings is 1. The molecule has 2 N–H and O–H groups in total. The molecule has 2 aromatic carbocycles. The first-order chi connectivity index (χ1) is 17.3. The molecule has 1 fully saturated rings. The van der Waals surface area contributed by atoms with Gasteiger partial charge in [0.05, 0.1) is 29.9 Å². The Bertz CT molecular complexity index is 1200. The number of rotatable bonds is 8. The van der Waals surface area contributed by atoms with Crippen molar-refractivity contribution in [3.8, 4) is 5.75 Å². The number of aliphatic hydroxyl groups is 1. The highest BCUT2D eigenvalue weighted by Crippen LogP contribution is 2.32. The van der Waals surface area contributed by atoms with E-state index < -0.39 is 23.8 Å². The Morgan fingerprint density at radius 1 is 1.11 bits per heavy atom. The Morgan fingerprint density at radius 3 is 2.56 bits per heavy atom. The Morgan fingerprint density at radius 2 is 1.83 bits per heavy atom. The lowest BCUT2D eigenvalue weighted by atomic mass is 10.0. The van der Waals surface area contributed by atoms with Crippen molar-refractivity contribution in [2.75, 3.05) is 52.9 Å². The fraction of sp³-hybridized carbons (Fsp3) is 0.385. The Balaban J connectivity index is 1.26. The molecule has 1 aromatic heterocycles. The van der Waals surface area contributed by atoms with E-state index in [4.69, 9.17) is 4.74 Å². The molecule has 0 bridgehead atoms. The zero-order chi connectivity index (χ0) is 25.7. The molecule has 36 heavy (non-hydrogen) atoms. The fourth-order valence-electron chi connectivity index (χ4n) is 4.45. The summed E-state index contributed by atoms with van der Waals surface area (Å²) in [6.07, 6.45) is -3.59. The van der Waals surface area contributed by atoms with Crippen molar-refractivity contribution < 1.29 is 27.8 Å². The smallest absolute Gasteiger partial charge is 0.417 e. The molecule has 1 aliphatic rings. The number of ether oxygens (including phenoxy) is 1. The van der Waals surface area contributed by atoms with E-state index in [0.29, 0.717) is 18.8 Å². The summed E-state index contributed by atoms with van der Waals surface area (Å²) in [7, 11) is 1.60. The lowest BCUT2D eigenvalue weighted by Crippen LogP contribution is -2.49. The van der Waals surface area contributed by atoms with Crippen LogP contribution in [0.1, 0.15) is 27.6 Å². The van der Waals surface area contributed by atoms with E-state index in [-0.39, 0.29) is 12.1 Å². The fourth-order valence-corrected chi connectivity index (χ4v) is 4.45. The van der Waals surface area contributed by atoms with E-state index in [1.165, 1.54) is 18.2 Å². The van der Waals surface area contributed by atoms with E-state index in [9.17, 15) is 23.1 Å². The van der Waals surface area contributed by atoms with Crippen molar-refractivity contribution in [2.24, 2.45) is 0 Å². The standard InChI is InChI=1S/C26H29F3N4O3/c1-36-18-6-7-23-21(16-18)19(8-9-30-23)24(34)17-33-14-12-32(13-15-33)11-10-31-25(35)20-4-2-3-5-22(20)26(27,28)29/h2-9,16,24,34H,10-15,17H2,1H3,(H,31,35). The third-order valence-corrected chi connectivity index (χ3v) is 6.43. The van der Waals surface area contributed by atoms with Crippen molar-refractivity contribution in [3.63, 3.8) is 0 Å². The third kappa shape index (κ3) is 6.13. The molecule has 1 saturated heterocycles. The molecule has 1 unspecified atom stereocenters. The summed E-state index contributed by atoms with van der Waals surface area (Å²) in [5.41, 5.74) is 0.278. The zero-order valence-corrected chi connectivity index (χ0v) is 20.0. The van der Waals surface area contributed by atoms with Gasteiger partial charge in [-0.25, -0.2) is 0 Å². The molecule has 1 amide bonds. The number of methoxy groups -OCH3 is 1. The Labute approximate surface area is 207 Å². The van der Waals surface area contributed by atoms with Crippen LogP contribution >= 0.6 is 0 Å². The number of nitrogens with zero attached hydrogens (tertiary/aromatic N) is 3. The van der Waals surface area contributed by atoms with Gasteiger partial charge in [-0.15, -0.1) is 0 Å². The number of benzene rings is 2. The van der Waals surface area contributed by atoms with E-state index in [2.05, 4.69) is 20.1 Å². The first kappa shape index (κ1) is 25.9. The number of aromatic nitrogens is 1. The quantitative estimate of drug-likeness (QED) is 0.492. The van der Waals surface area contributed by atoms with Crippen molar-refractivity contribution in [1.82, 2.24) is 20.1 Å². The van der Waals surface area contributed by atoms with Crippen LogP contribution in [0.2, 0.25) is 0 Å². The van der Waals surface area contributed by atoms with E-state index in [1.807, 2.05) is 24.3 Å². The third-order valence-electron chi connectivity index (χ3n) is 6.43. The first-order valence-electron chi connectivity index (χ1n) is 11.8. The highest BCUT2D eigenvalue weighted by Gasteiger charge is 2.34. The van der Waals surface area contributed by atoms with Gasteiger partial charge in [0.1, 0.15) is 5.75 Å². The topological polar surface area (TPSA) is 77.9 Å². The van der Waals surface area contributed by atoms with Crippen LogP contribution in [0.25, 0.3) is 10.9 Å². The number of nitrogens with one attached hydrogen (secondary N) is 1. The number of carbonyl (C=O) groups is 1. The van der Waals surface area contributed by atoms with Gasteiger partial charge < -0.3 is 15.2 Å². The molecule has 1 aliphatic heterocycles. The number of halogens is 3. The number of aliphatic hydroxyl groups excluding tert-OH is 1. The van der Waals surface area contributed by atoms with Crippen molar-refractivity contribution in [1.29, 1.82) is 0 Å². The monoisotopic (exact) mass is 502 g/mol. The Hall–Kier alpha value is -3.21. The lowest BCUT2D eigenvalue weighted by Gasteiger charge is -2.35. The number of alkyl halides is 3. The zero-order valence-electron chi connectivity index (χ0n) is 20.0. The number of amides is 1. The molecule has 0 spiro atoms. The van der Waals surface area contributed by atoms with Gasteiger partial charge in [-0.2, -0.15) is 13.2 Å². The number of carbonyl (C=O) groups excluding carboxylic acids is 1. The predicted octanol–water partition coefficient (Wildman–Crippen LogP) is 3.34. The minimum Gasteiger partial charge on any atom is -0.497 e. The number of pyridine rings is 1.